The maximum atomic E-state index is 14.1. The molecule has 0 aliphatic carbocycles. The van der Waals surface area contributed by atoms with Crippen LogP contribution in [0.4, 0.5) is 0 Å². The number of rotatable bonds is 12. The van der Waals surface area contributed by atoms with Crippen molar-refractivity contribution < 1.29 is 12.8 Å². The number of nitrogens with zero attached hydrogens (tertiary/aromatic N) is 1. The average Bonchev–Trinajstić information content (AvgIpc) is 2.93. The fraction of sp³-hybridized carbons (Fsp3) is 0.394. The standard InChI is InChI=1S/C33H42BrNO3SSi/c1-6-15-29(16-13-14-25-34)35(39(36,37)30-23-21-28(2)22-24-30)26-27-38-40(33(3,4)5,31-17-9-7-10-18-31)32-19-11-8-12-20-32/h7-12,17-24,29H,6,15-16,25-27H2,1-5H3/t29-/m0/s1. The Morgan fingerprint density at radius 3 is 1.93 bits per heavy atom. The van der Waals surface area contributed by atoms with Gasteiger partial charge in [-0.25, -0.2) is 8.42 Å². The van der Waals surface area contributed by atoms with Crippen molar-refractivity contribution in [1.29, 1.82) is 0 Å². The molecule has 0 aromatic heterocycles. The van der Waals surface area contributed by atoms with Crippen molar-refractivity contribution in [3.05, 3.63) is 90.5 Å². The van der Waals surface area contributed by atoms with E-state index in [2.05, 4.69) is 104 Å². The van der Waals surface area contributed by atoms with Crippen LogP contribution in [-0.4, -0.2) is 45.6 Å². The van der Waals surface area contributed by atoms with Crippen LogP contribution >= 0.6 is 15.9 Å². The number of sulfonamides is 1. The Hall–Kier alpha value is -2.21. The summed E-state index contributed by atoms with van der Waals surface area (Å²) in [6, 6.07) is 27.8. The largest absolute Gasteiger partial charge is 0.406 e. The van der Waals surface area contributed by atoms with Crippen LogP contribution in [0.3, 0.4) is 0 Å². The van der Waals surface area contributed by atoms with E-state index >= 15 is 0 Å². The highest BCUT2D eigenvalue weighted by Gasteiger charge is 2.50. The van der Waals surface area contributed by atoms with Gasteiger partial charge in [0, 0.05) is 25.6 Å². The number of hydrogen-bond donors (Lipinski definition) is 0. The molecule has 0 radical (unpaired) electrons. The highest BCUT2D eigenvalue weighted by Crippen LogP contribution is 2.37. The zero-order valence-electron chi connectivity index (χ0n) is 24.4. The quantitative estimate of drug-likeness (QED) is 0.129. The van der Waals surface area contributed by atoms with Gasteiger partial charge in [0.15, 0.2) is 0 Å². The van der Waals surface area contributed by atoms with Gasteiger partial charge in [0.2, 0.25) is 10.0 Å². The summed E-state index contributed by atoms with van der Waals surface area (Å²) in [7, 11) is -6.57. The monoisotopic (exact) mass is 639 g/mol. The first-order valence-electron chi connectivity index (χ1n) is 13.9. The maximum Gasteiger partial charge on any atom is 0.261 e. The first-order valence-corrected chi connectivity index (χ1v) is 18.4. The summed E-state index contributed by atoms with van der Waals surface area (Å²) >= 11 is 3.36. The summed E-state index contributed by atoms with van der Waals surface area (Å²) in [5, 5.41) is 2.72. The lowest BCUT2D eigenvalue weighted by Gasteiger charge is -2.43. The molecule has 1 atom stereocenters. The molecule has 0 amide bonds. The molecular weight excluding hydrogens is 598 g/mol. The second-order valence-electron chi connectivity index (χ2n) is 11.1. The Morgan fingerprint density at radius 1 is 0.900 bits per heavy atom. The van der Waals surface area contributed by atoms with E-state index in [1.807, 2.05) is 31.2 Å². The lowest BCUT2D eigenvalue weighted by Crippen LogP contribution is -2.67. The van der Waals surface area contributed by atoms with Crippen molar-refractivity contribution in [2.24, 2.45) is 0 Å². The van der Waals surface area contributed by atoms with Crippen LogP contribution in [-0.2, 0) is 14.4 Å². The molecule has 3 rings (SSSR count). The molecule has 0 fully saturated rings. The van der Waals surface area contributed by atoms with Gasteiger partial charge in [0.05, 0.1) is 10.2 Å². The van der Waals surface area contributed by atoms with Gasteiger partial charge in [-0.2, -0.15) is 4.31 Å². The van der Waals surface area contributed by atoms with E-state index in [4.69, 9.17) is 4.43 Å². The van der Waals surface area contributed by atoms with E-state index < -0.39 is 18.3 Å². The highest BCUT2D eigenvalue weighted by atomic mass is 79.9. The normalized spacial score (nSPS) is 13.1. The minimum atomic E-state index is -3.77. The molecule has 0 bridgehead atoms. The summed E-state index contributed by atoms with van der Waals surface area (Å²) in [5.74, 6) is 6.24. The first-order chi connectivity index (χ1) is 19.1. The van der Waals surface area contributed by atoms with Gasteiger partial charge in [-0.1, -0.05) is 134 Å². The molecule has 7 heteroatoms. The fourth-order valence-electron chi connectivity index (χ4n) is 5.31. The predicted molar refractivity (Wildman–Crippen MR) is 174 cm³/mol. The van der Waals surface area contributed by atoms with Crippen molar-refractivity contribution in [3.63, 3.8) is 0 Å². The predicted octanol–water partition coefficient (Wildman–Crippen LogP) is 6.52. The van der Waals surface area contributed by atoms with E-state index in [1.54, 1.807) is 16.4 Å². The smallest absolute Gasteiger partial charge is 0.261 e. The zero-order valence-corrected chi connectivity index (χ0v) is 27.8. The number of benzene rings is 3. The van der Waals surface area contributed by atoms with Crippen molar-refractivity contribution in [2.45, 2.75) is 69.9 Å². The number of aryl methyl sites for hydroxylation is 1. The van der Waals surface area contributed by atoms with Crippen LogP contribution in [0.1, 0.15) is 52.5 Å². The van der Waals surface area contributed by atoms with Crippen molar-refractivity contribution in [1.82, 2.24) is 4.31 Å². The second-order valence-corrected chi connectivity index (χ2v) is 17.8. The van der Waals surface area contributed by atoms with Gasteiger partial charge in [0.25, 0.3) is 8.32 Å². The molecule has 0 heterocycles. The minimum Gasteiger partial charge on any atom is -0.406 e. The Morgan fingerprint density at radius 2 is 1.45 bits per heavy atom. The van der Waals surface area contributed by atoms with Crippen LogP contribution in [0.5, 0.6) is 0 Å². The minimum absolute atomic E-state index is 0.194. The summed E-state index contributed by atoms with van der Waals surface area (Å²) in [6.45, 7) is 11.3. The Labute approximate surface area is 251 Å². The van der Waals surface area contributed by atoms with E-state index in [0.29, 0.717) is 16.6 Å². The third-order valence-corrected chi connectivity index (χ3v) is 14.5. The van der Waals surface area contributed by atoms with Crippen LogP contribution < -0.4 is 10.4 Å². The molecule has 0 unspecified atom stereocenters. The molecule has 3 aromatic rings. The molecular formula is C33H42BrNO3SSi. The van der Waals surface area contributed by atoms with Gasteiger partial charge >= 0.3 is 0 Å². The van der Waals surface area contributed by atoms with Crippen LogP contribution in [0, 0.1) is 18.8 Å². The second kappa shape index (κ2) is 14.6. The van der Waals surface area contributed by atoms with Crippen molar-refractivity contribution in [3.8, 4) is 11.8 Å². The molecule has 0 aliphatic rings. The van der Waals surface area contributed by atoms with Gasteiger partial charge in [-0.05, 0) is 40.9 Å². The van der Waals surface area contributed by atoms with Gasteiger partial charge in [-0.15, -0.1) is 5.92 Å². The summed E-state index contributed by atoms with van der Waals surface area (Å²) in [5.41, 5.74) is 1.02. The molecule has 0 saturated carbocycles. The summed E-state index contributed by atoms with van der Waals surface area (Å²) < 4.78 is 36.9. The Balaban J connectivity index is 2.05. The van der Waals surface area contributed by atoms with Crippen LogP contribution in [0.15, 0.2) is 89.8 Å². The van der Waals surface area contributed by atoms with Gasteiger partial charge in [-0.3, -0.25) is 0 Å². The molecule has 0 spiro atoms. The van der Waals surface area contributed by atoms with E-state index in [1.165, 1.54) is 10.4 Å². The SMILES string of the molecule is CCC[C@@H](CC#CCBr)N(CCO[Si](c1ccccc1)(c1ccccc1)C(C)(C)C)S(=O)(=O)c1ccc(C)cc1. The van der Waals surface area contributed by atoms with Crippen LogP contribution in [0.25, 0.3) is 0 Å². The van der Waals surface area contributed by atoms with Crippen molar-refractivity contribution in [2.75, 3.05) is 18.5 Å². The van der Waals surface area contributed by atoms with Crippen LogP contribution in [0.2, 0.25) is 5.04 Å². The third-order valence-electron chi connectivity index (χ3n) is 7.23. The Kier molecular flexibility index (Phi) is 11.8. The highest BCUT2D eigenvalue weighted by molar-refractivity contribution is 9.09. The average molecular weight is 641 g/mol. The maximum absolute atomic E-state index is 14.1. The molecule has 0 saturated heterocycles. The molecule has 4 nitrogen and oxygen atoms in total. The lowest BCUT2D eigenvalue weighted by molar-refractivity contribution is 0.226. The van der Waals surface area contributed by atoms with Gasteiger partial charge in [0.1, 0.15) is 0 Å². The van der Waals surface area contributed by atoms with E-state index in [0.717, 1.165) is 18.4 Å². The van der Waals surface area contributed by atoms with E-state index in [9.17, 15) is 8.42 Å². The molecule has 214 valence electrons. The first kappa shape index (κ1) is 32.3. The van der Waals surface area contributed by atoms with E-state index in [-0.39, 0.29) is 24.2 Å². The number of alkyl halides is 1. The molecule has 40 heavy (non-hydrogen) atoms. The third kappa shape index (κ3) is 7.54. The van der Waals surface area contributed by atoms with Crippen molar-refractivity contribution >= 4 is 44.6 Å². The fourth-order valence-corrected chi connectivity index (χ4v) is 11.7. The molecule has 0 N–H and O–H groups in total. The summed E-state index contributed by atoms with van der Waals surface area (Å²) in [4.78, 5) is 0.304. The number of hydrogen-bond acceptors (Lipinski definition) is 3. The molecule has 3 aromatic carbocycles. The topological polar surface area (TPSA) is 46.6 Å². The Bertz CT molecular complexity index is 1320. The number of halogens is 1. The zero-order chi connectivity index (χ0) is 29.2. The summed E-state index contributed by atoms with van der Waals surface area (Å²) in [6.07, 6.45) is 2.06. The lowest BCUT2D eigenvalue weighted by atomic mass is 10.1. The molecule has 0 aliphatic heterocycles. The van der Waals surface area contributed by atoms with Gasteiger partial charge < -0.3 is 4.43 Å².